The largest absolute Gasteiger partial charge is 0.462 e. The van der Waals surface area contributed by atoms with E-state index in [1.54, 1.807) is 0 Å². The maximum Gasteiger partial charge on any atom is 0.311 e. The molecular formula is C28H44O5. The van der Waals surface area contributed by atoms with Crippen molar-refractivity contribution in [3.05, 3.63) is 0 Å². The predicted molar refractivity (Wildman–Crippen MR) is 125 cm³/mol. The molecule has 0 aromatic heterocycles. The Labute approximate surface area is 199 Å². The fourth-order valence-electron chi connectivity index (χ4n) is 8.89. The first-order valence-electron chi connectivity index (χ1n) is 13.5. The molecule has 0 spiro atoms. The van der Waals surface area contributed by atoms with Crippen LogP contribution in [0.5, 0.6) is 0 Å². The fourth-order valence-corrected chi connectivity index (χ4v) is 8.89. The van der Waals surface area contributed by atoms with Crippen LogP contribution in [-0.4, -0.2) is 31.4 Å². The molecule has 186 valence electrons. The molecule has 0 N–H and O–H groups in total. The van der Waals surface area contributed by atoms with Gasteiger partial charge in [0.1, 0.15) is 6.10 Å². The van der Waals surface area contributed by atoms with Gasteiger partial charge in [-0.25, -0.2) is 0 Å². The highest BCUT2D eigenvalue weighted by Crippen LogP contribution is 2.60. The van der Waals surface area contributed by atoms with Crippen LogP contribution in [0.4, 0.5) is 0 Å². The lowest BCUT2D eigenvalue weighted by molar-refractivity contribution is -0.176. The van der Waals surface area contributed by atoms with E-state index in [-0.39, 0.29) is 48.0 Å². The summed E-state index contributed by atoms with van der Waals surface area (Å²) >= 11 is 0. The average molecular weight is 461 g/mol. The minimum absolute atomic E-state index is 0.0710. The third-order valence-electron chi connectivity index (χ3n) is 9.50. The molecule has 5 nitrogen and oxygen atoms in total. The van der Waals surface area contributed by atoms with Gasteiger partial charge in [0.05, 0.1) is 18.4 Å². The molecule has 0 heterocycles. The summed E-state index contributed by atoms with van der Waals surface area (Å²) in [6, 6.07) is 0. The number of rotatable bonds is 8. The number of esters is 2. The Morgan fingerprint density at radius 3 is 2.12 bits per heavy atom. The van der Waals surface area contributed by atoms with Crippen molar-refractivity contribution in [3.63, 3.8) is 0 Å². The van der Waals surface area contributed by atoms with E-state index in [9.17, 15) is 9.59 Å². The summed E-state index contributed by atoms with van der Waals surface area (Å²) in [5.41, 5.74) is 0.437. The predicted octanol–water partition coefficient (Wildman–Crippen LogP) is 5.75. The molecule has 5 atom stereocenters. The van der Waals surface area contributed by atoms with Gasteiger partial charge in [0.15, 0.2) is 6.79 Å². The molecule has 33 heavy (non-hydrogen) atoms. The van der Waals surface area contributed by atoms with E-state index in [4.69, 9.17) is 14.2 Å². The summed E-state index contributed by atoms with van der Waals surface area (Å²) < 4.78 is 17.5. The third-order valence-corrected chi connectivity index (χ3v) is 9.50. The highest BCUT2D eigenvalue weighted by molar-refractivity contribution is 5.74. The van der Waals surface area contributed by atoms with Crippen LogP contribution in [0.1, 0.15) is 91.9 Å². The number of carbonyl (C=O) groups excluding carboxylic acids is 2. The molecule has 0 aromatic rings. The van der Waals surface area contributed by atoms with Gasteiger partial charge in [-0.2, -0.15) is 0 Å². The van der Waals surface area contributed by atoms with Crippen LogP contribution in [0.25, 0.3) is 0 Å². The van der Waals surface area contributed by atoms with E-state index < -0.39 is 0 Å². The Balaban J connectivity index is 1.07. The quantitative estimate of drug-likeness (QED) is 0.262. The standard InChI is InChI=1S/C28H44O5/c1-17(11-27(2,3)4)25(29)33-24-10-18-8-22(24)23(9-18)26(30)32-16-31-15-28-12-19-5-20(13-28)7-21(6-19)14-28/h17-24H,5-16H2,1-4H3. The fraction of sp³-hybridized carbons (Fsp3) is 0.929. The molecule has 6 bridgehead atoms. The lowest BCUT2D eigenvalue weighted by atomic mass is 9.50. The summed E-state index contributed by atoms with van der Waals surface area (Å²) in [7, 11) is 0. The van der Waals surface area contributed by atoms with Gasteiger partial charge in [-0.15, -0.1) is 0 Å². The lowest BCUT2D eigenvalue weighted by Crippen LogP contribution is -2.48. The smallest absolute Gasteiger partial charge is 0.311 e. The number of carbonyl (C=O) groups is 2. The van der Waals surface area contributed by atoms with Crippen molar-refractivity contribution in [2.75, 3.05) is 13.4 Å². The number of fused-ring (bicyclic) bond motifs is 2. The first-order valence-corrected chi connectivity index (χ1v) is 13.5. The summed E-state index contributed by atoms with van der Waals surface area (Å²) in [6.07, 6.45) is 11.6. The molecule has 0 amide bonds. The molecule has 0 radical (unpaired) electrons. The average Bonchev–Trinajstić information content (AvgIpc) is 3.29. The Morgan fingerprint density at radius 2 is 1.55 bits per heavy atom. The van der Waals surface area contributed by atoms with Gasteiger partial charge >= 0.3 is 11.9 Å². The first kappa shape index (κ1) is 23.6. The van der Waals surface area contributed by atoms with E-state index in [1.807, 2.05) is 6.92 Å². The van der Waals surface area contributed by atoms with Crippen molar-refractivity contribution >= 4 is 11.9 Å². The van der Waals surface area contributed by atoms with Gasteiger partial charge < -0.3 is 14.2 Å². The topological polar surface area (TPSA) is 61.8 Å². The maximum atomic E-state index is 12.9. The Bertz CT molecular complexity index is 717. The molecule has 0 aromatic carbocycles. The molecule has 5 heteroatoms. The summed E-state index contributed by atoms with van der Waals surface area (Å²) in [5.74, 6) is 2.75. The van der Waals surface area contributed by atoms with Gasteiger partial charge in [0.25, 0.3) is 0 Å². The molecule has 6 saturated carbocycles. The van der Waals surface area contributed by atoms with Gasteiger partial charge in [0.2, 0.25) is 0 Å². The normalized spacial score (nSPS) is 41.9. The zero-order chi connectivity index (χ0) is 23.4. The minimum atomic E-state index is -0.156. The molecule has 6 fully saturated rings. The van der Waals surface area contributed by atoms with Crippen molar-refractivity contribution in [1.82, 2.24) is 0 Å². The van der Waals surface area contributed by atoms with E-state index in [0.29, 0.717) is 11.3 Å². The highest BCUT2D eigenvalue weighted by Gasteiger charge is 2.52. The first-order chi connectivity index (χ1) is 15.6. The van der Waals surface area contributed by atoms with E-state index in [0.717, 1.165) is 50.0 Å². The van der Waals surface area contributed by atoms with Gasteiger partial charge in [-0.3, -0.25) is 9.59 Å². The van der Waals surface area contributed by atoms with Crippen LogP contribution in [0, 0.1) is 52.3 Å². The zero-order valence-electron chi connectivity index (χ0n) is 21.1. The van der Waals surface area contributed by atoms with E-state index in [1.165, 1.54) is 38.5 Å². The van der Waals surface area contributed by atoms with Crippen LogP contribution in [-0.2, 0) is 23.8 Å². The van der Waals surface area contributed by atoms with Crippen LogP contribution in [0.15, 0.2) is 0 Å². The maximum absolute atomic E-state index is 12.9. The number of ether oxygens (including phenoxy) is 3. The summed E-state index contributed by atoms with van der Waals surface area (Å²) in [4.78, 5) is 25.5. The van der Waals surface area contributed by atoms with Crippen molar-refractivity contribution < 1.29 is 23.8 Å². The number of hydrogen-bond acceptors (Lipinski definition) is 5. The van der Waals surface area contributed by atoms with Crippen molar-refractivity contribution in [1.29, 1.82) is 0 Å². The van der Waals surface area contributed by atoms with Crippen LogP contribution >= 0.6 is 0 Å². The molecule has 6 aliphatic carbocycles. The highest BCUT2D eigenvalue weighted by atomic mass is 16.7. The lowest BCUT2D eigenvalue weighted by Gasteiger charge is -2.56. The molecule has 0 aliphatic heterocycles. The molecule has 6 aliphatic rings. The minimum Gasteiger partial charge on any atom is -0.462 e. The van der Waals surface area contributed by atoms with E-state index >= 15 is 0 Å². The molecular weight excluding hydrogens is 416 g/mol. The van der Waals surface area contributed by atoms with E-state index in [2.05, 4.69) is 20.8 Å². The summed E-state index contributed by atoms with van der Waals surface area (Å²) in [6.45, 7) is 9.20. The molecule has 0 saturated heterocycles. The van der Waals surface area contributed by atoms with Gasteiger partial charge in [-0.05, 0) is 98.7 Å². The van der Waals surface area contributed by atoms with Crippen LogP contribution < -0.4 is 0 Å². The monoisotopic (exact) mass is 460 g/mol. The second kappa shape index (κ2) is 8.84. The number of hydrogen-bond donors (Lipinski definition) is 0. The van der Waals surface area contributed by atoms with Gasteiger partial charge in [-0.1, -0.05) is 27.7 Å². The Kier molecular flexibility index (Phi) is 6.33. The molecule has 6 rings (SSSR count). The van der Waals surface area contributed by atoms with Crippen molar-refractivity contribution in [3.8, 4) is 0 Å². The Hall–Kier alpha value is -1.10. The third kappa shape index (κ3) is 5.13. The van der Waals surface area contributed by atoms with Crippen LogP contribution in [0.3, 0.4) is 0 Å². The summed E-state index contributed by atoms with van der Waals surface area (Å²) in [5, 5.41) is 0. The van der Waals surface area contributed by atoms with Crippen molar-refractivity contribution in [2.24, 2.45) is 52.3 Å². The molecule has 5 unspecified atom stereocenters. The Morgan fingerprint density at radius 1 is 0.909 bits per heavy atom. The second-order valence-corrected chi connectivity index (χ2v) is 13.8. The SMILES string of the molecule is CC(CC(C)(C)C)C(=O)OC1CC2CC(C(=O)OCOCC34CC5CC(CC(C5)C3)C4)C1C2. The van der Waals surface area contributed by atoms with Crippen molar-refractivity contribution in [2.45, 2.75) is 98.0 Å². The zero-order valence-corrected chi connectivity index (χ0v) is 21.1. The van der Waals surface area contributed by atoms with Crippen LogP contribution in [0.2, 0.25) is 0 Å². The second-order valence-electron chi connectivity index (χ2n) is 13.8. The van der Waals surface area contributed by atoms with Gasteiger partial charge in [0, 0.05) is 5.92 Å².